The number of carbonyl (C=O) groups excluding carboxylic acids is 1. The number of nitrogens with one attached hydrogen (secondary N) is 1. The van der Waals surface area contributed by atoms with Crippen molar-refractivity contribution in [1.29, 1.82) is 0 Å². The molecule has 0 aliphatic carbocycles. The zero-order valence-electron chi connectivity index (χ0n) is 11.7. The van der Waals surface area contributed by atoms with Crippen LogP contribution < -0.4 is 10.1 Å². The predicted octanol–water partition coefficient (Wildman–Crippen LogP) is 2.81. The van der Waals surface area contributed by atoms with Crippen molar-refractivity contribution in [3.05, 3.63) is 27.7 Å². The third-order valence-electron chi connectivity index (χ3n) is 2.60. The van der Waals surface area contributed by atoms with Gasteiger partial charge in [-0.1, -0.05) is 15.9 Å². The molecule has 0 amide bonds. The molecule has 1 aromatic carbocycles. The third kappa shape index (κ3) is 4.51. The number of ether oxygens (including phenoxy) is 2. The van der Waals surface area contributed by atoms with E-state index in [1.807, 2.05) is 26.1 Å². The highest BCUT2D eigenvalue weighted by Crippen LogP contribution is 2.29. The number of esters is 1. The Morgan fingerprint density at radius 3 is 2.74 bits per heavy atom. The van der Waals surface area contributed by atoms with E-state index in [-0.39, 0.29) is 5.97 Å². The van der Waals surface area contributed by atoms with Crippen molar-refractivity contribution in [2.24, 2.45) is 0 Å². The second-order valence-electron chi connectivity index (χ2n) is 4.25. The van der Waals surface area contributed by atoms with E-state index in [1.54, 1.807) is 13.8 Å². The van der Waals surface area contributed by atoms with Crippen LogP contribution in [0.2, 0.25) is 0 Å². The largest absolute Gasteiger partial charge is 0.478 e. The number of carbonyl (C=O) groups is 1. The lowest BCUT2D eigenvalue weighted by atomic mass is 10.1. The summed E-state index contributed by atoms with van der Waals surface area (Å²) in [4.78, 5) is 11.6. The standard InChI is InChI=1S/C14H20BrNO3/c1-5-18-14(17)10(3)19-13-9(2)6-12(15)7-11(13)8-16-4/h6-7,10,16H,5,8H2,1-4H3. The number of aryl methyl sites for hydroxylation is 1. The molecule has 0 aliphatic heterocycles. The predicted molar refractivity (Wildman–Crippen MR) is 78.4 cm³/mol. The van der Waals surface area contributed by atoms with Gasteiger partial charge >= 0.3 is 5.97 Å². The van der Waals surface area contributed by atoms with Crippen LogP contribution in [-0.4, -0.2) is 25.7 Å². The summed E-state index contributed by atoms with van der Waals surface area (Å²) >= 11 is 3.46. The Balaban J connectivity index is 2.95. The molecule has 0 saturated heterocycles. The Kier molecular flexibility index (Phi) is 6.31. The molecule has 0 heterocycles. The minimum atomic E-state index is -0.615. The highest BCUT2D eigenvalue weighted by Gasteiger charge is 2.19. The fourth-order valence-electron chi connectivity index (χ4n) is 1.77. The average Bonchev–Trinajstić information content (AvgIpc) is 2.33. The smallest absolute Gasteiger partial charge is 0.347 e. The van der Waals surface area contributed by atoms with Gasteiger partial charge in [-0.2, -0.15) is 0 Å². The maximum Gasteiger partial charge on any atom is 0.347 e. The summed E-state index contributed by atoms with van der Waals surface area (Å²) in [5.41, 5.74) is 1.99. The lowest BCUT2D eigenvalue weighted by Gasteiger charge is -2.18. The van der Waals surface area contributed by atoms with Crippen LogP contribution in [0, 0.1) is 6.92 Å². The Hall–Kier alpha value is -1.07. The topological polar surface area (TPSA) is 47.6 Å². The lowest BCUT2D eigenvalue weighted by molar-refractivity contribution is -0.150. The highest BCUT2D eigenvalue weighted by molar-refractivity contribution is 9.10. The molecule has 1 N–H and O–H groups in total. The molecule has 4 nitrogen and oxygen atoms in total. The first kappa shape index (κ1) is 16.0. The van der Waals surface area contributed by atoms with Gasteiger partial charge in [-0.3, -0.25) is 0 Å². The molecular formula is C14H20BrNO3. The lowest BCUT2D eigenvalue weighted by Crippen LogP contribution is -2.27. The van der Waals surface area contributed by atoms with Gasteiger partial charge in [0.1, 0.15) is 5.75 Å². The molecule has 0 aliphatic rings. The van der Waals surface area contributed by atoms with Crippen molar-refractivity contribution < 1.29 is 14.3 Å². The maximum atomic E-state index is 11.6. The monoisotopic (exact) mass is 329 g/mol. The van der Waals surface area contributed by atoms with Gasteiger partial charge in [-0.25, -0.2) is 4.79 Å². The molecule has 0 aromatic heterocycles. The Bertz CT molecular complexity index is 449. The fourth-order valence-corrected chi connectivity index (χ4v) is 2.39. The van der Waals surface area contributed by atoms with Crippen molar-refractivity contribution in [3.63, 3.8) is 0 Å². The summed E-state index contributed by atoms with van der Waals surface area (Å²) in [5.74, 6) is 0.387. The molecule has 0 radical (unpaired) electrons. The van der Waals surface area contributed by atoms with Gasteiger partial charge in [0.15, 0.2) is 6.10 Å². The summed E-state index contributed by atoms with van der Waals surface area (Å²) in [6.07, 6.45) is -0.615. The molecule has 0 fully saturated rings. The van der Waals surface area contributed by atoms with E-state index in [4.69, 9.17) is 9.47 Å². The molecule has 0 saturated carbocycles. The van der Waals surface area contributed by atoms with Crippen LogP contribution in [0.1, 0.15) is 25.0 Å². The van der Waals surface area contributed by atoms with Crippen molar-refractivity contribution in [2.45, 2.75) is 33.4 Å². The molecule has 1 aromatic rings. The van der Waals surface area contributed by atoms with Gasteiger partial charge in [-0.15, -0.1) is 0 Å². The van der Waals surface area contributed by atoms with E-state index in [0.29, 0.717) is 13.2 Å². The van der Waals surface area contributed by atoms with Crippen LogP contribution in [0.15, 0.2) is 16.6 Å². The van der Waals surface area contributed by atoms with Gasteiger partial charge in [0, 0.05) is 16.6 Å². The second-order valence-corrected chi connectivity index (χ2v) is 5.17. The van der Waals surface area contributed by atoms with Crippen LogP contribution >= 0.6 is 15.9 Å². The van der Waals surface area contributed by atoms with E-state index in [0.717, 1.165) is 21.3 Å². The quantitative estimate of drug-likeness (QED) is 0.815. The van der Waals surface area contributed by atoms with E-state index in [1.165, 1.54) is 0 Å². The summed E-state index contributed by atoms with van der Waals surface area (Å²) in [5, 5.41) is 3.09. The number of benzene rings is 1. The summed E-state index contributed by atoms with van der Waals surface area (Å²) in [6, 6.07) is 3.95. The molecule has 5 heteroatoms. The van der Waals surface area contributed by atoms with Crippen LogP contribution in [0.25, 0.3) is 0 Å². The minimum Gasteiger partial charge on any atom is -0.478 e. The van der Waals surface area contributed by atoms with Crippen molar-refractivity contribution in [1.82, 2.24) is 5.32 Å². The number of halogens is 1. The molecule has 0 spiro atoms. The van der Waals surface area contributed by atoms with Gasteiger partial charge < -0.3 is 14.8 Å². The maximum absolute atomic E-state index is 11.6. The van der Waals surface area contributed by atoms with Gasteiger partial charge in [-0.05, 0) is 45.5 Å². The number of rotatable bonds is 6. The van der Waals surface area contributed by atoms with Gasteiger partial charge in [0.05, 0.1) is 6.61 Å². The minimum absolute atomic E-state index is 0.347. The zero-order valence-corrected chi connectivity index (χ0v) is 13.3. The molecule has 0 bridgehead atoms. The van der Waals surface area contributed by atoms with Gasteiger partial charge in [0.2, 0.25) is 0 Å². The van der Waals surface area contributed by atoms with Gasteiger partial charge in [0.25, 0.3) is 0 Å². The van der Waals surface area contributed by atoms with Crippen LogP contribution in [-0.2, 0) is 16.1 Å². The zero-order chi connectivity index (χ0) is 14.4. The highest BCUT2D eigenvalue weighted by atomic mass is 79.9. The first-order valence-corrected chi connectivity index (χ1v) is 7.05. The molecule has 1 unspecified atom stereocenters. The van der Waals surface area contributed by atoms with Crippen LogP contribution in [0.4, 0.5) is 0 Å². The van der Waals surface area contributed by atoms with E-state index in [2.05, 4.69) is 21.2 Å². The van der Waals surface area contributed by atoms with E-state index in [9.17, 15) is 4.79 Å². The molecule has 1 rings (SSSR count). The Labute approximate surface area is 122 Å². The first-order chi connectivity index (χ1) is 8.99. The SMILES string of the molecule is CCOC(=O)C(C)Oc1c(C)cc(Br)cc1CNC. The average molecular weight is 330 g/mol. The van der Waals surface area contributed by atoms with Crippen LogP contribution in [0.5, 0.6) is 5.75 Å². The van der Waals surface area contributed by atoms with Crippen molar-refractivity contribution in [2.75, 3.05) is 13.7 Å². The molecule has 19 heavy (non-hydrogen) atoms. The second kappa shape index (κ2) is 7.50. The molecular weight excluding hydrogens is 310 g/mol. The molecule has 106 valence electrons. The van der Waals surface area contributed by atoms with Crippen molar-refractivity contribution in [3.8, 4) is 5.75 Å². The number of hydrogen-bond donors (Lipinski definition) is 1. The normalized spacial score (nSPS) is 12.1. The Morgan fingerprint density at radius 2 is 2.16 bits per heavy atom. The summed E-state index contributed by atoms with van der Waals surface area (Å²) in [6.45, 7) is 6.46. The van der Waals surface area contributed by atoms with E-state index >= 15 is 0 Å². The van der Waals surface area contributed by atoms with E-state index < -0.39 is 6.10 Å². The summed E-state index contributed by atoms with van der Waals surface area (Å²) in [7, 11) is 1.87. The third-order valence-corrected chi connectivity index (χ3v) is 3.05. The molecule has 1 atom stereocenters. The fraction of sp³-hybridized carbons (Fsp3) is 0.500. The first-order valence-electron chi connectivity index (χ1n) is 6.26. The Morgan fingerprint density at radius 1 is 1.47 bits per heavy atom. The van der Waals surface area contributed by atoms with Crippen LogP contribution in [0.3, 0.4) is 0 Å². The number of hydrogen-bond acceptors (Lipinski definition) is 4. The summed E-state index contributed by atoms with van der Waals surface area (Å²) < 4.78 is 11.7. The van der Waals surface area contributed by atoms with Crippen molar-refractivity contribution >= 4 is 21.9 Å².